The van der Waals surface area contributed by atoms with Gasteiger partial charge in [0.15, 0.2) is 11.5 Å². The summed E-state index contributed by atoms with van der Waals surface area (Å²) >= 11 is 1.81. The van der Waals surface area contributed by atoms with Crippen molar-refractivity contribution in [3.05, 3.63) is 28.8 Å². The molecule has 1 aliphatic heterocycles. The highest BCUT2D eigenvalue weighted by Crippen LogP contribution is 2.45. The number of ether oxygens (including phenoxy) is 1. The predicted octanol–water partition coefficient (Wildman–Crippen LogP) is 4.85. The third-order valence-electron chi connectivity index (χ3n) is 8.41. The maximum Gasteiger partial charge on any atom is 0.254 e. The van der Waals surface area contributed by atoms with E-state index in [1.807, 2.05) is 18.4 Å². The normalized spacial score (nSPS) is 22.4. The van der Waals surface area contributed by atoms with Crippen molar-refractivity contribution in [2.75, 3.05) is 20.2 Å². The first kappa shape index (κ1) is 24.1. The molecule has 7 rings (SSSR count). The number of benzene rings is 1. The number of imidazole rings is 1. The quantitative estimate of drug-likeness (QED) is 0.381. The number of fused-ring (bicyclic) bond motifs is 2. The van der Waals surface area contributed by atoms with Crippen LogP contribution >= 0.6 is 11.3 Å². The second-order valence-corrected chi connectivity index (χ2v) is 12.4. The van der Waals surface area contributed by atoms with Crippen LogP contribution in [-0.4, -0.2) is 62.3 Å². The fourth-order valence-electron chi connectivity index (χ4n) is 5.99. The molecule has 0 radical (unpaired) electrons. The number of aryl methyl sites for hydroxylation is 1. The number of hydrogen-bond donors (Lipinski definition) is 1. The van der Waals surface area contributed by atoms with Gasteiger partial charge in [0.05, 0.1) is 34.6 Å². The Bertz CT molecular complexity index is 1540. The van der Waals surface area contributed by atoms with Gasteiger partial charge in [-0.2, -0.15) is 0 Å². The molecule has 1 amide bonds. The zero-order chi connectivity index (χ0) is 26.1. The molecule has 0 spiro atoms. The molecule has 0 unspecified atom stereocenters. The SMILES string of the molecule is COc1cc(C(=O)N2C[C@H](N)C[C@@H](F)C2)cc2nc(-c3cc4sc(C5CC5)nc4n3CC3CCC3)n(C)c12. The Labute approximate surface area is 224 Å². The van der Waals surface area contributed by atoms with Gasteiger partial charge in [-0.3, -0.25) is 4.79 Å². The summed E-state index contributed by atoms with van der Waals surface area (Å²) in [6, 6.07) is 5.40. The van der Waals surface area contributed by atoms with Crippen LogP contribution in [0.5, 0.6) is 5.75 Å². The van der Waals surface area contributed by atoms with Crippen molar-refractivity contribution in [3.63, 3.8) is 0 Å². The van der Waals surface area contributed by atoms with Crippen molar-refractivity contribution in [3.8, 4) is 17.3 Å². The van der Waals surface area contributed by atoms with E-state index in [2.05, 4.69) is 15.2 Å². The first-order chi connectivity index (χ1) is 18.4. The van der Waals surface area contributed by atoms with Crippen LogP contribution in [0.25, 0.3) is 32.9 Å². The lowest BCUT2D eigenvalue weighted by molar-refractivity contribution is 0.0606. The number of aromatic nitrogens is 4. The number of halogens is 1. The summed E-state index contributed by atoms with van der Waals surface area (Å²) in [5, 5.41) is 1.26. The summed E-state index contributed by atoms with van der Waals surface area (Å²) in [5.41, 5.74) is 10.0. The molecule has 2 aliphatic carbocycles. The molecule has 1 saturated heterocycles. The number of alkyl halides is 1. The average Bonchev–Trinajstić information content (AvgIpc) is 3.44. The summed E-state index contributed by atoms with van der Waals surface area (Å²) in [4.78, 5) is 25.0. The molecule has 2 N–H and O–H groups in total. The molecule has 4 heterocycles. The molecule has 3 aromatic heterocycles. The molecular weight excluding hydrogens is 503 g/mol. The molecule has 3 fully saturated rings. The zero-order valence-corrected chi connectivity index (χ0v) is 22.6. The summed E-state index contributed by atoms with van der Waals surface area (Å²) in [6.45, 7) is 1.34. The second-order valence-electron chi connectivity index (χ2n) is 11.3. The number of thiazole rings is 1. The molecule has 2 atom stereocenters. The van der Waals surface area contributed by atoms with Crippen LogP contribution in [-0.2, 0) is 13.6 Å². The number of amides is 1. The number of piperidine rings is 1. The van der Waals surface area contributed by atoms with Gasteiger partial charge in [-0.05, 0) is 56.2 Å². The Morgan fingerprint density at radius 1 is 1.18 bits per heavy atom. The highest BCUT2D eigenvalue weighted by atomic mass is 32.1. The van der Waals surface area contributed by atoms with Crippen molar-refractivity contribution < 1.29 is 13.9 Å². The van der Waals surface area contributed by atoms with Crippen LogP contribution in [0.1, 0.15) is 59.8 Å². The van der Waals surface area contributed by atoms with Gasteiger partial charge < -0.3 is 24.5 Å². The van der Waals surface area contributed by atoms with Crippen molar-refractivity contribution in [1.29, 1.82) is 0 Å². The molecule has 200 valence electrons. The van der Waals surface area contributed by atoms with Gasteiger partial charge in [-0.1, -0.05) is 6.42 Å². The Morgan fingerprint density at radius 2 is 2.00 bits per heavy atom. The highest BCUT2D eigenvalue weighted by Gasteiger charge is 2.32. The van der Waals surface area contributed by atoms with Gasteiger partial charge in [0, 0.05) is 37.7 Å². The number of methoxy groups -OCH3 is 1. The van der Waals surface area contributed by atoms with Gasteiger partial charge in [0.1, 0.15) is 17.4 Å². The van der Waals surface area contributed by atoms with E-state index in [0.717, 1.165) is 29.2 Å². The van der Waals surface area contributed by atoms with Gasteiger partial charge in [0.25, 0.3) is 5.91 Å². The number of hydrogen-bond acceptors (Lipinski definition) is 6. The van der Waals surface area contributed by atoms with Gasteiger partial charge in [0.2, 0.25) is 0 Å². The molecule has 8 nitrogen and oxygen atoms in total. The lowest BCUT2D eigenvalue weighted by atomic mass is 9.85. The van der Waals surface area contributed by atoms with Gasteiger partial charge in [-0.25, -0.2) is 14.4 Å². The van der Waals surface area contributed by atoms with Crippen LogP contribution in [0.2, 0.25) is 0 Å². The molecule has 0 bridgehead atoms. The maximum atomic E-state index is 14.2. The van der Waals surface area contributed by atoms with E-state index < -0.39 is 6.17 Å². The topological polar surface area (TPSA) is 91.2 Å². The van der Waals surface area contributed by atoms with Crippen molar-refractivity contribution in [2.45, 2.75) is 63.2 Å². The maximum absolute atomic E-state index is 14.2. The Hall–Kier alpha value is -2.98. The van der Waals surface area contributed by atoms with E-state index in [0.29, 0.717) is 35.2 Å². The zero-order valence-electron chi connectivity index (χ0n) is 21.8. The largest absolute Gasteiger partial charge is 0.494 e. The fourth-order valence-corrected chi connectivity index (χ4v) is 7.17. The monoisotopic (exact) mass is 536 g/mol. The number of nitrogens with zero attached hydrogens (tertiary/aromatic N) is 5. The molecule has 3 aliphatic rings. The average molecular weight is 537 g/mol. The van der Waals surface area contributed by atoms with E-state index in [9.17, 15) is 9.18 Å². The van der Waals surface area contributed by atoms with Crippen LogP contribution in [0, 0.1) is 5.92 Å². The van der Waals surface area contributed by atoms with Crippen LogP contribution < -0.4 is 10.5 Å². The minimum absolute atomic E-state index is 0.0572. The molecule has 10 heteroatoms. The summed E-state index contributed by atoms with van der Waals surface area (Å²) in [6.07, 6.45) is 5.45. The van der Waals surface area contributed by atoms with Crippen molar-refractivity contribution >= 4 is 38.6 Å². The standard InChI is InChI=1S/C28H33FN6O2S/c1-33-24-20(8-17(9-22(24)37-2)28(36)34-13-18(29)10-19(30)14-34)31-25(33)21-11-23-26(32-27(38-23)16-6-7-16)35(21)12-15-4-3-5-15/h8-9,11,15-16,18-19H,3-7,10,12-14,30H2,1-2H3/t18-,19-/m1/s1. The second kappa shape index (κ2) is 9.05. The molecule has 38 heavy (non-hydrogen) atoms. The number of carbonyl (C=O) groups is 1. The van der Waals surface area contributed by atoms with Gasteiger partial charge >= 0.3 is 0 Å². The van der Waals surface area contributed by atoms with E-state index in [1.54, 1.807) is 19.2 Å². The van der Waals surface area contributed by atoms with E-state index in [-0.39, 0.29) is 24.9 Å². The Balaban J connectivity index is 1.32. The molecule has 1 aromatic carbocycles. The summed E-state index contributed by atoms with van der Waals surface area (Å²) < 4.78 is 25.5. The first-order valence-corrected chi connectivity index (χ1v) is 14.4. The first-order valence-electron chi connectivity index (χ1n) is 13.6. The number of nitrogens with two attached hydrogens (primary N) is 1. The third-order valence-corrected chi connectivity index (χ3v) is 9.56. The minimum Gasteiger partial charge on any atom is -0.494 e. The highest BCUT2D eigenvalue weighted by molar-refractivity contribution is 7.18. The number of rotatable bonds is 6. The van der Waals surface area contributed by atoms with E-state index in [4.69, 9.17) is 20.4 Å². The smallest absolute Gasteiger partial charge is 0.254 e. The lowest BCUT2D eigenvalue weighted by Gasteiger charge is -2.33. The molecule has 2 saturated carbocycles. The summed E-state index contributed by atoms with van der Waals surface area (Å²) in [7, 11) is 3.59. The molecule has 4 aromatic rings. The van der Waals surface area contributed by atoms with Crippen molar-refractivity contribution in [1.82, 2.24) is 24.0 Å². The lowest BCUT2D eigenvalue weighted by Crippen LogP contribution is -2.50. The third kappa shape index (κ3) is 4.00. The fraction of sp³-hybridized carbons (Fsp3) is 0.536. The van der Waals surface area contributed by atoms with Crippen LogP contribution in [0.3, 0.4) is 0 Å². The predicted molar refractivity (Wildman–Crippen MR) is 147 cm³/mol. The van der Waals surface area contributed by atoms with E-state index in [1.165, 1.54) is 46.7 Å². The molecular formula is C28H33FN6O2S. The van der Waals surface area contributed by atoms with Crippen LogP contribution in [0.4, 0.5) is 4.39 Å². The van der Waals surface area contributed by atoms with Crippen LogP contribution in [0.15, 0.2) is 18.2 Å². The summed E-state index contributed by atoms with van der Waals surface area (Å²) in [5.74, 6) is 2.44. The van der Waals surface area contributed by atoms with E-state index >= 15 is 0 Å². The Kier molecular flexibility index (Phi) is 5.74. The number of carbonyl (C=O) groups excluding carboxylic acids is 1. The van der Waals surface area contributed by atoms with Gasteiger partial charge in [-0.15, -0.1) is 11.3 Å². The van der Waals surface area contributed by atoms with Crippen molar-refractivity contribution in [2.24, 2.45) is 18.7 Å². The minimum atomic E-state index is -1.11. The Morgan fingerprint density at radius 3 is 2.68 bits per heavy atom. The number of likely N-dealkylation sites (tertiary alicyclic amines) is 1.